The monoisotopic (exact) mass is 437 g/mol. The molecule has 1 atom stereocenters. The van der Waals surface area contributed by atoms with Crippen LogP contribution >= 0.6 is 11.6 Å². The second kappa shape index (κ2) is 9.06. The number of nitrogens with zero attached hydrogens (tertiary/aromatic N) is 1. The third kappa shape index (κ3) is 4.95. The van der Waals surface area contributed by atoms with Gasteiger partial charge in [0.25, 0.3) is 5.91 Å². The molecule has 0 aliphatic carbocycles. The molecule has 0 bridgehead atoms. The fourth-order valence-corrected chi connectivity index (χ4v) is 3.60. The number of amides is 3. The van der Waals surface area contributed by atoms with Crippen LogP contribution in [-0.2, 0) is 16.1 Å². The van der Waals surface area contributed by atoms with E-state index in [-0.39, 0.29) is 29.9 Å². The van der Waals surface area contributed by atoms with Crippen LogP contribution in [0.1, 0.15) is 22.5 Å². The van der Waals surface area contributed by atoms with Crippen LogP contribution in [0.15, 0.2) is 71.3 Å². The van der Waals surface area contributed by atoms with Gasteiger partial charge in [-0.25, -0.2) is 0 Å². The molecule has 1 unspecified atom stereocenters. The molecule has 1 aliphatic rings. The maximum absolute atomic E-state index is 12.6. The lowest BCUT2D eigenvalue weighted by atomic mass is 10.1. The summed E-state index contributed by atoms with van der Waals surface area (Å²) in [4.78, 5) is 38.5. The van der Waals surface area contributed by atoms with Crippen LogP contribution < -0.4 is 15.5 Å². The molecule has 3 aromatic rings. The lowest BCUT2D eigenvalue weighted by Gasteiger charge is -2.17. The molecule has 2 aromatic carbocycles. The minimum Gasteiger partial charge on any atom is -0.459 e. The molecule has 0 saturated carbocycles. The van der Waals surface area contributed by atoms with E-state index >= 15 is 0 Å². The van der Waals surface area contributed by atoms with Crippen LogP contribution in [0, 0.1) is 5.92 Å². The summed E-state index contributed by atoms with van der Waals surface area (Å²) in [5.41, 5.74) is 2.19. The molecule has 1 aromatic heterocycles. The SMILES string of the molecule is O=C(Nc1ccc(CNC(=O)C2CC(=O)N(c3cccc(Cl)c3)C2)cc1)c1ccco1. The predicted molar refractivity (Wildman–Crippen MR) is 117 cm³/mol. The Morgan fingerprint density at radius 1 is 1.10 bits per heavy atom. The number of rotatable bonds is 6. The zero-order valence-corrected chi connectivity index (χ0v) is 17.3. The van der Waals surface area contributed by atoms with Gasteiger partial charge in [-0.3, -0.25) is 14.4 Å². The zero-order valence-electron chi connectivity index (χ0n) is 16.5. The van der Waals surface area contributed by atoms with E-state index in [1.807, 2.05) is 12.1 Å². The Morgan fingerprint density at radius 2 is 1.90 bits per heavy atom. The fourth-order valence-electron chi connectivity index (χ4n) is 3.42. The summed E-state index contributed by atoms with van der Waals surface area (Å²) in [7, 11) is 0. The number of carbonyl (C=O) groups is 3. The number of nitrogens with one attached hydrogen (secondary N) is 2. The first-order chi connectivity index (χ1) is 15.0. The highest BCUT2D eigenvalue weighted by atomic mass is 35.5. The van der Waals surface area contributed by atoms with Crippen LogP contribution in [0.4, 0.5) is 11.4 Å². The van der Waals surface area contributed by atoms with Crippen LogP contribution in [-0.4, -0.2) is 24.3 Å². The van der Waals surface area contributed by atoms with E-state index in [0.29, 0.717) is 29.5 Å². The number of halogens is 1. The van der Waals surface area contributed by atoms with E-state index < -0.39 is 5.92 Å². The number of carbonyl (C=O) groups excluding carboxylic acids is 3. The Kier molecular flexibility index (Phi) is 6.04. The average Bonchev–Trinajstić information content (AvgIpc) is 3.43. The Morgan fingerprint density at radius 3 is 2.61 bits per heavy atom. The molecule has 0 radical (unpaired) electrons. The van der Waals surface area contributed by atoms with Gasteiger partial charge in [-0.15, -0.1) is 0 Å². The first-order valence-electron chi connectivity index (χ1n) is 9.77. The molecule has 8 heteroatoms. The van der Waals surface area contributed by atoms with Gasteiger partial charge in [0.2, 0.25) is 11.8 Å². The summed E-state index contributed by atoms with van der Waals surface area (Å²) < 4.78 is 5.06. The largest absolute Gasteiger partial charge is 0.459 e. The highest BCUT2D eigenvalue weighted by molar-refractivity contribution is 6.31. The van der Waals surface area contributed by atoms with E-state index in [4.69, 9.17) is 16.0 Å². The van der Waals surface area contributed by atoms with Crippen molar-refractivity contribution in [1.29, 1.82) is 0 Å². The molecule has 158 valence electrons. The number of hydrogen-bond acceptors (Lipinski definition) is 4. The van der Waals surface area contributed by atoms with Crippen molar-refractivity contribution in [3.63, 3.8) is 0 Å². The smallest absolute Gasteiger partial charge is 0.291 e. The van der Waals surface area contributed by atoms with E-state index in [2.05, 4.69) is 10.6 Å². The highest BCUT2D eigenvalue weighted by Gasteiger charge is 2.35. The molecular weight excluding hydrogens is 418 g/mol. The van der Waals surface area contributed by atoms with Gasteiger partial charge in [0.1, 0.15) is 0 Å². The second-order valence-corrected chi connectivity index (χ2v) is 7.67. The van der Waals surface area contributed by atoms with E-state index in [0.717, 1.165) is 5.56 Å². The van der Waals surface area contributed by atoms with Gasteiger partial charge in [-0.1, -0.05) is 29.8 Å². The Labute approximate surface area is 184 Å². The molecule has 4 rings (SSSR count). The Hall–Kier alpha value is -3.58. The lowest BCUT2D eigenvalue weighted by molar-refractivity contribution is -0.126. The quantitative estimate of drug-likeness (QED) is 0.612. The van der Waals surface area contributed by atoms with Crippen LogP contribution in [0.3, 0.4) is 0 Å². The maximum Gasteiger partial charge on any atom is 0.291 e. The van der Waals surface area contributed by atoms with Crippen molar-refractivity contribution >= 4 is 40.7 Å². The summed E-state index contributed by atoms with van der Waals surface area (Å²) in [6.07, 6.45) is 1.60. The number of anilines is 2. The van der Waals surface area contributed by atoms with E-state index in [1.165, 1.54) is 6.26 Å². The van der Waals surface area contributed by atoms with Gasteiger partial charge in [0.05, 0.1) is 12.2 Å². The Bertz CT molecular complexity index is 1100. The van der Waals surface area contributed by atoms with Crippen molar-refractivity contribution in [2.45, 2.75) is 13.0 Å². The molecule has 7 nitrogen and oxygen atoms in total. The molecule has 31 heavy (non-hydrogen) atoms. The van der Waals surface area contributed by atoms with Crippen molar-refractivity contribution in [2.24, 2.45) is 5.92 Å². The first kappa shape index (κ1) is 20.7. The normalized spacial score (nSPS) is 15.7. The Balaban J connectivity index is 1.29. The standard InChI is InChI=1S/C23H20ClN3O4/c24-17-3-1-4-19(12-17)27-14-16(11-21(27)28)22(29)25-13-15-6-8-18(9-7-15)26-23(30)20-5-2-10-31-20/h1-10,12,16H,11,13-14H2,(H,25,29)(H,26,30). The van der Waals surface area contributed by atoms with Crippen LogP contribution in [0.25, 0.3) is 0 Å². The van der Waals surface area contributed by atoms with Crippen molar-refractivity contribution in [1.82, 2.24) is 5.32 Å². The summed E-state index contributed by atoms with van der Waals surface area (Å²) >= 11 is 6.01. The van der Waals surface area contributed by atoms with Gasteiger partial charge < -0.3 is 20.0 Å². The molecule has 2 heterocycles. The van der Waals surface area contributed by atoms with Gasteiger partial charge in [-0.2, -0.15) is 0 Å². The van der Waals surface area contributed by atoms with Crippen molar-refractivity contribution in [3.8, 4) is 0 Å². The number of benzene rings is 2. The van der Waals surface area contributed by atoms with Crippen molar-refractivity contribution in [2.75, 3.05) is 16.8 Å². The summed E-state index contributed by atoms with van der Waals surface area (Å²) in [6.45, 7) is 0.649. The molecule has 1 saturated heterocycles. The van der Waals surface area contributed by atoms with Gasteiger partial charge in [0, 0.05) is 35.9 Å². The minimum absolute atomic E-state index is 0.0981. The third-order valence-electron chi connectivity index (χ3n) is 5.04. The van der Waals surface area contributed by atoms with E-state index in [9.17, 15) is 14.4 Å². The van der Waals surface area contributed by atoms with Crippen LogP contribution in [0.5, 0.6) is 0 Å². The lowest BCUT2D eigenvalue weighted by Crippen LogP contribution is -2.32. The summed E-state index contributed by atoms with van der Waals surface area (Å²) in [5.74, 6) is -0.791. The second-order valence-electron chi connectivity index (χ2n) is 7.23. The predicted octanol–water partition coefficient (Wildman–Crippen LogP) is 3.85. The number of furan rings is 1. The molecule has 2 N–H and O–H groups in total. The average molecular weight is 438 g/mol. The molecule has 0 spiro atoms. The topological polar surface area (TPSA) is 91.7 Å². The van der Waals surface area contributed by atoms with Gasteiger partial charge >= 0.3 is 0 Å². The molecule has 3 amide bonds. The fraction of sp³-hybridized carbons (Fsp3) is 0.174. The molecule has 1 aliphatic heterocycles. The molecule has 1 fully saturated rings. The van der Waals surface area contributed by atoms with E-state index in [1.54, 1.807) is 53.4 Å². The van der Waals surface area contributed by atoms with Crippen LogP contribution in [0.2, 0.25) is 5.02 Å². The highest BCUT2D eigenvalue weighted by Crippen LogP contribution is 2.27. The van der Waals surface area contributed by atoms with Crippen molar-refractivity contribution < 1.29 is 18.8 Å². The summed E-state index contributed by atoms with van der Waals surface area (Å²) in [6, 6.07) is 17.4. The maximum atomic E-state index is 12.6. The molecular formula is C23H20ClN3O4. The number of hydrogen-bond donors (Lipinski definition) is 2. The van der Waals surface area contributed by atoms with Gasteiger partial charge in [-0.05, 0) is 48.0 Å². The minimum atomic E-state index is -0.418. The first-order valence-corrected chi connectivity index (χ1v) is 10.1. The third-order valence-corrected chi connectivity index (χ3v) is 5.27. The van der Waals surface area contributed by atoms with Crippen molar-refractivity contribution in [3.05, 3.63) is 83.3 Å². The van der Waals surface area contributed by atoms with Gasteiger partial charge in [0.15, 0.2) is 5.76 Å². The summed E-state index contributed by atoms with van der Waals surface area (Å²) in [5, 5.41) is 6.16. The zero-order chi connectivity index (χ0) is 21.8.